The van der Waals surface area contributed by atoms with Gasteiger partial charge in [-0.25, -0.2) is 0 Å². The number of nitrogens with one attached hydrogen (secondary N) is 1. The summed E-state index contributed by atoms with van der Waals surface area (Å²) >= 11 is 1.30. The number of H-pyrrole nitrogens is 1. The van der Waals surface area contributed by atoms with Gasteiger partial charge in [0.1, 0.15) is 6.33 Å². The van der Waals surface area contributed by atoms with Gasteiger partial charge in [-0.3, -0.25) is 0 Å². The van der Waals surface area contributed by atoms with Gasteiger partial charge in [0.05, 0.1) is 0 Å². The molecule has 0 spiro atoms. The molecule has 0 unspecified atom stereocenters. The summed E-state index contributed by atoms with van der Waals surface area (Å²) in [5.41, 5.74) is 0. The van der Waals surface area contributed by atoms with Gasteiger partial charge in [-0.2, -0.15) is 0 Å². The summed E-state index contributed by atoms with van der Waals surface area (Å²) in [4.78, 5) is 2.77. The molecule has 0 fully saturated rings. The van der Waals surface area contributed by atoms with Crippen molar-refractivity contribution in [2.24, 2.45) is 0 Å². The van der Waals surface area contributed by atoms with Crippen LogP contribution < -0.4 is 0 Å². The van der Waals surface area contributed by atoms with Gasteiger partial charge in [-0.1, -0.05) is 11.8 Å². The van der Waals surface area contributed by atoms with Crippen molar-refractivity contribution < 1.29 is 0 Å². The number of nitrogens with zero attached hydrogens (tertiary/aromatic N) is 2. The minimum atomic E-state index is 0.750. The highest BCUT2D eigenvalue weighted by molar-refractivity contribution is 8.00. The highest BCUT2D eigenvalue weighted by Crippen LogP contribution is 2.04. The Kier molecular flexibility index (Phi) is 1.31. The largest absolute Gasteiger partial charge is 0.323 e. The molecule has 7 heavy (non-hydrogen) atoms. The second kappa shape index (κ2) is 1.97. The molecule has 1 rings (SSSR count). The minimum absolute atomic E-state index is 0.750. The number of hydrogen-bond acceptors (Lipinski definition) is 3. The van der Waals surface area contributed by atoms with Crippen LogP contribution >= 0.6 is 11.8 Å². The molecule has 0 aliphatic heterocycles. The molecule has 4 heteroatoms. The lowest BCUT2D eigenvalue weighted by molar-refractivity contribution is 0.977. The van der Waals surface area contributed by atoms with Gasteiger partial charge in [-0.15, -0.1) is 10.2 Å². The summed E-state index contributed by atoms with van der Waals surface area (Å²) in [5.74, 6) is 0. The molecule has 0 aliphatic rings. The number of thioether (sulfide) groups is 1. The molecule has 0 atom stereocenters. The maximum atomic E-state index is 3.63. The SMILES string of the molecule is [CH2]Sc1nnc[nH]1. The van der Waals surface area contributed by atoms with Crippen LogP contribution in [0.15, 0.2) is 11.5 Å². The molecular formula is C3H4N3S. The van der Waals surface area contributed by atoms with Crippen molar-refractivity contribution in [2.75, 3.05) is 0 Å². The van der Waals surface area contributed by atoms with Gasteiger partial charge >= 0.3 is 0 Å². The summed E-state index contributed by atoms with van der Waals surface area (Å²) in [6.07, 6.45) is 5.03. The van der Waals surface area contributed by atoms with Crippen LogP contribution in [0.2, 0.25) is 0 Å². The Hall–Kier alpha value is -0.510. The first kappa shape index (κ1) is 4.64. The lowest BCUT2D eigenvalue weighted by Crippen LogP contribution is -1.67. The van der Waals surface area contributed by atoms with E-state index >= 15 is 0 Å². The van der Waals surface area contributed by atoms with E-state index in [4.69, 9.17) is 0 Å². The second-order valence-corrected chi connectivity index (χ2v) is 1.61. The Labute approximate surface area is 45.5 Å². The topological polar surface area (TPSA) is 41.6 Å². The smallest absolute Gasteiger partial charge is 0.188 e. The average molecular weight is 114 g/mol. The molecule has 1 aromatic heterocycles. The highest BCUT2D eigenvalue weighted by atomic mass is 32.2. The summed E-state index contributed by atoms with van der Waals surface area (Å²) < 4.78 is 0. The van der Waals surface area contributed by atoms with Crippen molar-refractivity contribution in [3.05, 3.63) is 12.6 Å². The standard InChI is InChI=1S/C3H4N3S/c1-7-3-4-2-5-6-3/h2H,1H2,(H,4,5,6). The molecule has 0 aromatic carbocycles. The van der Waals surface area contributed by atoms with Gasteiger partial charge < -0.3 is 4.98 Å². The number of hydrogen-bond donors (Lipinski definition) is 1. The fraction of sp³-hybridized carbons (Fsp3) is 0. The number of rotatable bonds is 1. The third-order valence-corrected chi connectivity index (χ3v) is 1.00. The van der Waals surface area contributed by atoms with Crippen molar-refractivity contribution >= 4 is 11.8 Å². The highest BCUT2D eigenvalue weighted by Gasteiger charge is 1.85. The summed E-state index contributed by atoms with van der Waals surface area (Å²) in [7, 11) is 0. The van der Waals surface area contributed by atoms with E-state index in [2.05, 4.69) is 21.4 Å². The Bertz CT molecular complexity index is 125. The second-order valence-electron chi connectivity index (χ2n) is 0.938. The van der Waals surface area contributed by atoms with E-state index in [0.29, 0.717) is 0 Å². The molecule has 0 aliphatic carbocycles. The molecule has 1 radical (unpaired) electrons. The van der Waals surface area contributed by atoms with Gasteiger partial charge in [-0.05, 0) is 0 Å². The lowest BCUT2D eigenvalue weighted by atomic mass is 11.3. The molecule has 3 nitrogen and oxygen atoms in total. The zero-order chi connectivity index (χ0) is 5.11. The van der Waals surface area contributed by atoms with Gasteiger partial charge in [0.25, 0.3) is 0 Å². The fourth-order valence-corrected chi connectivity index (χ4v) is 0.506. The summed E-state index contributed by atoms with van der Waals surface area (Å²) in [6, 6.07) is 0. The lowest BCUT2D eigenvalue weighted by Gasteiger charge is -1.76. The number of aromatic nitrogens is 3. The summed E-state index contributed by atoms with van der Waals surface area (Å²) in [6.45, 7) is 0. The zero-order valence-corrected chi connectivity index (χ0v) is 4.40. The van der Waals surface area contributed by atoms with Crippen molar-refractivity contribution in [1.29, 1.82) is 0 Å². The van der Waals surface area contributed by atoms with Crippen LogP contribution in [0.25, 0.3) is 0 Å². The third kappa shape index (κ3) is 0.928. The van der Waals surface area contributed by atoms with Gasteiger partial charge in [0.15, 0.2) is 5.16 Å². The van der Waals surface area contributed by atoms with Crippen LogP contribution in [-0.4, -0.2) is 15.2 Å². The minimum Gasteiger partial charge on any atom is -0.323 e. The summed E-state index contributed by atoms with van der Waals surface area (Å²) in [5, 5.41) is 7.91. The maximum absolute atomic E-state index is 3.63. The van der Waals surface area contributed by atoms with E-state index < -0.39 is 0 Å². The molecule has 0 saturated carbocycles. The molecular weight excluding hydrogens is 110 g/mol. The van der Waals surface area contributed by atoms with Crippen LogP contribution in [-0.2, 0) is 0 Å². The molecule has 1 aromatic rings. The van der Waals surface area contributed by atoms with E-state index in [1.807, 2.05) is 0 Å². The van der Waals surface area contributed by atoms with Crippen molar-refractivity contribution in [1.82, 2.24) is 15.2 Å². The van der Waals surface area contributed by atoms with Crippen LogP contribution in [0.5, 0.6) is 0 Å². The first-order valence-corrected chi connectivity index (χ1v) is 2.70. The predicted octanol–water partition coefficient (Wildman–Crippen LogP) is 0.688. The predicted molar refractivity (Wildman–Crippen MR) is 27.6 cm³/mol. The Balaban J connectivity index is 2.76. The molecule has 1 heterocycles. The quantitative estimate of drug-likeness (QED) is 0.546. The van der Waals surface area contributed by atoms with E-state index in [9.17, 15) is 0 Å². The third-order valence-electron chi connectivity index (χ3n) is 0.531. The first-order chi connectivity index (χ1) is 3.43. The van der Waals surface area contributed by atoms with Crippen molar-refractivity contribution in [3.8, 4) is 0 Å². The molecule has 0 saturated heterocycles. The van der Waals surface area contributed by atoms with Gasteiger partial charge in [0, 0.05) is 6.26 Å². The zero-order valence-electron chi connectivity index (χ0n) is 3.59. The molecule has 1 N–H and O–H groups in total. The van der Waals surface area contributed by atoms with E-state index in [0.717, 1.165) is 5.16 Å². The Morgan fingerprint density at radius 3 is 3.00 bits per heavy atom. The van der Waals surface area contributed by atoms with Crippen LogP contribution in [0, 0.1) is 6.26 Å². The van der Waals surface area contributed by atoms with Crippen LogP contribution in [0.4, 0.5) is 0 Å². The van der Waals surface area contributed by atoms with Crippen molar-refractivity contribution in [2.45, 2.75) is 5.16 Å². The molecule has 37 valence electrons. The fourth-order valence-electron chi connectivity index (χ4n) is 0.265. The van der Waals surface area contributed by atoms with Crippen LogP contribution in [0.1, 0.15) is 0 Å². The average Bonchev–Trinajstić information content (AvgIpc) is 2.14. The monoisotopic (exact) mass is 114 g/mol. The normalized spacial score (nSPS) is 9.29. The first-order valence-electron chi connectivity index (χ1n) is 1.71. The van der Waals surface area contributed by atoms with E-state index in [1.165, 1.54) is 18.1 Å². The Morgan fingerprint density at radius 2 is 2.71 bits per heavy atom. The van der Waals surface area contributed by atoms with E-state index in [1.54, 1.807) is 0 Å². The number of aromatic amines is 1. The molecule has 0 amide bonds. The van der Waals surface area contributed by atoms with Crippen molar-refractivity contribution in [3.63, 3.8) is 0 Å². The van der Waals surface area contributed by atoms with Gasteiger partial charge in [0.2, 0.25) is 0 Å². The Morgan fingerprint density at radius 1 is 1.86 bits per heavy atom. The van der Waals surface area contributed by atoms with Crippen LogP contribution in [0.3, 0.4) is 0 Å². The molecule has 0 bridgehead atoms. The maximum Gasteiger partial charge on any atom is 0.188 e. The van der Waals surface area contributed by atoms with E-state index in [-0.39, 0.29) is 0 Å².